The summed E-state index contributed by atoms with van der Waals surface area (Å²) in [6, 6.07) is 15.7. The van der Waals surface area contributed by atoms with E-state index >= 15 is 0 Å². The Morgan fingerprint density at radius 2 is 1.84 bits per heavy atom. The highest BCUT2D eigenvalue weighted by molar-refractivity contribution is 5.92. The van der Waals surface area contributed by atoms with E-state index in [-0.39, 0.29) is 17.1 Å². The first-order valence-corrected chi connectivity index (χ1v) is 8.83. The molecular formula is C22H15N3O6. The van der Waals surface area contributed by atoms with E-state index in [9.17, 15) is 20.2 Å². The van der Waals surface area contributed by atoms with Crippen LogP contribution in [0.25, 0.3) is 11.6 Å². The van der Waals surface area contributed by atoms with Crippen LogP contribution in [-0.2, 0) is 0 Å². The van der Waals surface area contributed by atoms with Gasteiger partial charge < -0.3 is 14.6 Å². The molecule has 0 fully saturated rings. The second-order valence-electron chi connectivity index (χ2n) is 6.18. The number of aromatic nitrogens is 1. The van der Waals surface area contributed by atoms with Crippen LogP contribution < -0.4 is 9.47 Å². The molecule has 0 aliphatic carbocycles. The molecule has 0 aliphatic heterocycles. The summed E-state index contributed by atoms with van der Waals surface area (Å²) in [7, 11) is 1.45. The van der Waals surface area contributed by atoms with Gasteiger partial charge >= 0.3 is 5.97 Å². The lowest BCUT2D eigenvalue weighted by Gasteiger charge is -2.10. The Bertz CT molecular complexity index is 1200. The number of carbonyl (C=O) groups is 1. The zero-order valence-corrected chi connectivity index (χ0v) is 16.2. The van der Waals surface area contributed by atoms with Gasteiger partial charge in [0.05, 0.1) is 29.2 Å². The van der Waals surface area contributed by atoms with Gasteiger partial charge in [-0.1, -0.05) is 18.2 Å². The van der Waals surface area contributed by atoms with Crippen molar-refractivity contribution in [1.82, 2.24) is 4.98 Å². The molecule has 0 spiro atoms. The smallest absolute Gasteiger partial charge is 0.335 e. The molecule has 3 rings (SSSR count). The number of hydrogen-bond acceptors (Lipinski definition) is 7. The normalized spacial score (nSPS) is 10.8. The SMILES string of the molecule is COc1cc(/C=C(/C#N)c2ccc(C(=O)O)cc2)ccc1Oc1ccc([N+](=O)[O-])cn1. The number of rotatable bonds is 7. The Kier molecular flexibility index (Phi) is 6.23. The molecule has 0 bridgehead atoms. The van der Waals surface area contributed by atoms with E-state index in [1.807, 2.05) is 0 Å². The summed E-state index contributed by atoms with van der Waals surface area (Å²) in [6.07, 6.45) is 2.72. The van der Waals surface area contributed by atoms with E-state index in [2.05, 4.69) is 11.1 Å². The van der Waals surface area contributed by atoms with E-state index in [0.29, 0.717) is 28.2 Å². The fraction of sp³-hybridized carbons (Fsp3) is 0.0455. The van der Waals surface area contributed by atoms with Crippen molar-refractivity contribution in [3.05, 3.63) is 87.6 Å². The average Bonchev–Trinajstić information content (AvgIpc) is 2.78. The number of nitriles is 1. The van der Waals surface area contributed by atoms with Gasteiger partial charge in [-0.3, -0.25) is 10.1 Å². The zero-order chi connectivity index (χ0) is 22.4. The van der Waals surface area contributed by atoms with Gasteiger partial charge in [-0.15, -0.1) is 0 Å². The molecule has 0 amide bonds. The number of allylic oxidation sites excluding steroid dienone is 1. The van der Waals surface area contributed by atoms with Crippen molar-refractivity contribution in [1.29, 1.82) is 5.26 Å². The Hall–Kier alpha value is -4.71. The highest BCUT2D eigenvalue weighted by Crippen LogP contribution is 2.33. The molecule has 154 valence electrons. The molecule has 0 radical (unpaired) electrons. The fourth-order valence-corrected chi connectivity index (χ4v) is 2.65. The summed E-state index contributed by atoms with van der Waals surface area (Å²) in [5, 5.41) is 29.2. The Morgan fingerprint density at radius 1 is 1.13 bits per heavy atom. The molecule has 9 heteroatoms. The van der Waals surface area contributed by atoms with E-state index in [1.165, 1.54) is 31.4 Å². The average molecular weight is 417 g/mol. The lowest BCUT2D eigenvalue weighted by molar-refractivity contribution is -0.385. The van der Waals surface area contributed by atoms with Gasteiger partial charge in [-0.2, -0.15) is 5.26 Å². The Balaban J connectivity index is 1.86. The minimum atomic E-state index is -1.04. The maximum Gasteiger partial charge on any atom is 0.335 e. The van der Waals surface area contributed by atoms with Crippen LogP contribution in [-0.4, -0.2) is 28.1 Å². The lowest BCUT2D eigenvalue weighted by Crippen LogP contribution is -1.95. The number of carboxylic acid groups (broad SMARTS) is 1. The van der Waals surface area contributed by atoms with Gasteiger partial charge in [0.25, 0.3) is 5.69 Å². The van der Waals surface area contributed by atoms with Crippen molar-refractivity contribution in [3.8, 4) is 23.4 Å². The molecule has 1 aromatic heterocycles. The topological polar surface area (TPSA) is 136 Å². The molecule has 3 aromatic rings. The van der Waals surface area contributed by atoms with Gasteiger partial charge in [0.1, 0.15) is 6.20 Å². The third-order valence-electron chi connectivity index (χ3n) is 4.21. The van der Waals surface area contributed by atoms with Crippen LogP contribution in [0, 0.1) is 21.4 Å². The Labute approximate surface area is 176 Å². The van der Waals surface area contributed by atoms with Crippen molar-refractivity contribution in [3.63, 3.8) is 0 Å². The van der Waals surface area contributed by atoms with E-state index in [0.717, 1.165) is 6.20 Å². The third kappa shape index (κ3) is 5.02. The molecule has 0 atom stereocenters. The monoisotopic (exact) mass is 417 g/mol. The van der Waals surface area contributed by atoms with E-state index in [4.69, 9.17) is 14.6 Å². The largest absolute Gasteiger partial charge is 0.493 e. The highest BCUT2D eigenvalue weighted by atomic mass is 16.6. The molecule has 1 heterocycles. The first kappa shape index (κ1) is 21.0. The van der Waals surface area contributed by atoms with Crippen LogP contribution in [0.15, 0.2) is 60.8 Å². The van der Waals surface area contributed by atoms with E-state index in [1.54, 1.807) is 36.4 Å². The fourth-order valence-electron chi connectivity index (χ4n) is 2.65. The number of nitro groups is 1. The molecule has 0 saturated carbocycles. The van der Waals surface area contributed by atoms with Crippen molar-refractivity contribution in [2.24, 2.45) is 0 Å². The van der Waals surface area contributed by atoms with Crippen LogP contribution in [0.3, 0.4) is 0 Å². The number of nitrogens with zero attached hydrogens (tertiary/aromatic N) is 3. The first-order chi connectivity index (χ1) is 14.9. The quantitative estimate of drug-likeness (QED) is 0.256. The second kappa shape index (κ2) is 9.19. The predicted molar refractivity (Wildman–Crippen MR) is 111 cm³/mol. The van der Waals surface area contributed by atoms with Crippen LogP contribution in [0.2, 0.25) is 0 Å². The second-order valence-corrected chi connectivity index (χ2v) is 6.18. The maximum absolute atomic E-state index is 11.0. The van der Waals surface area contributed by atoms with Crippen molar-refractivity contribution >= 4 is 23.3 Å². The highest BCUT2D eigenvalue weighted by Gasteiger charge is 2.11. The minimum Gasteiger partial charge on any atom is -0.493 e. The van der Waals surface area contributed by atoms with Crippen molar-refractivity contribution in [2.75, 3.05) is 7.11 Å². The summed E-state index contributed by atoms with van der Waals surface area (Å²) in [4.78, 5) is 25.0. The van der Waals surface area contributed by atoms with Gasteiger partial charge in [0.2, 0.25) is 5.88 Å². The number of pyridine rings is 1. The molecule has 0 aliphatic rings. The first-order valence-electron chi connectivity index (χ1n) is 8.83. The lowest BCUT2D eigenvalue weighted by atomic mass is 10.0. The van der Waals surface area contributed by atoms with Gasteiger partial charge in [0, 0.05) is 12.1 Å². The minimum absolute atomic E-state index is 0.129. The van der Waals surface area contributed by atoms with E-state index < -0.39 is 10.9 Å². The zero-order valence-electron chi connectivity index (χ0n) is 16.2. The standard InChI is InChI=1S/C22H15N3O6/c1-30-20-11-14(10-17(12-23)15-3-5-16(6-4-15)22(26)27)2-8-19(20)31-21-9-7-18(13-24-21)25(28)29/h2-11,13H,1H3,(H,26,27)/b17-10-. The molecule has 0 unspecified atom stereocenters. The number of aromatic carboxylic acids is 1. The third-order valence-corrected chi connectivity index (χ3v) is 4.21. The van der Waals surface area contributed by atoms with Crippen LogP contribution >= 0.6 is 0 Å². The van der Waals surface area contributed by atoms with Crippen LogP contribution in [0.5, 0.6) is 17.4 Å². The summed E-state index contributed by atoms with van der Waals surface area (Å²) in [5.41, 5.74) is 1.54. The number of carboxylic acids is 1. The van der Waals surface area contributed by atoms with Gasteiger partial charge in [0.15, 0.2) is 11.5 Å². The van der Waals surface area contributed by atoms with Gasteiger partial charge in [-0.05, 0) is 41.5 Å². The molecular weight excluding hydrogens is 402 g/mol. The van der Waals surface area contributed by atoms with Crippen LogP contribution in [0.4, 0.5) is 5.69 Å². The molecule has 0 saturated heterocycles. The maximum atomic E-state index is 11.0. The number of methoxy groups -OCH3 is 1. The summed E-state index contributed by atoms with van der Waals surface area (Å²) >= 11 is 0. The van der Waals surface area contributed by atoms with Crippen molar-refractivity contribution in [2.45, 2.75) is 0 Å². The molecule has 2 aromatic carbocycles. The summed E-state index contributed by atoms with van der Waals surface area (Å²) in [5.74, 6) is -0.182. The predicted octanol–water partition coefficient (Wildman–Crippen LogP) is 4.55. The summed E-state index contributed by atoms with van der Waals surface area (Å²) < 4.78 is 11.0. The number of ether oxygens (including phenoxy) is 2. The molecule has 1 N–H and O–H groups in total. The van der Waals surface area contributed by atoms with Gasteiger partial charge in [-0.25, -0.2) is 9.78 Å². The summed E-state index contributed by atoms with van der Waals surface area (Å²) in [6.45, 7) is 0. The van der Waals surface area contributed by atoms with Crippen molar-refractivity contribution < 1.29 is 24.3 Å². The number of hydrogen-bond donors (Lipinski definition) is 1. The van der Waals surface area contributed by atoms with Crippen LogP contribution in [0.1, 0.15) is 21.5 Å². The Morgan fingerprint density at radius 3 is 2.39 bits per heavy atom. The number of benzene rings is 2. The molecule has 9 nitrogen and oxygen atoms in total. The molecule has 31 heavy (non-hydrogen) atoms.